The molecule has 0 aliphatic heterocycles. The number of benzene rings is 2. The fraction of sp³-hybridized carbons (Fsp3) is 0.316. The zero-order valence-electron chi connectivity index (χ0n) is 14.7. The SMILES string of the molecule is COc1cc(CC(=O)NCC(N)c2ccccc2)cc(OC)c1OC. The fourth-order valence-corrected chi connectivity index (χ4v) is 2.53. The number of carbonyl (C=O) groups is 1. The van der Waals surface area contributed by atoms with Crippen LogP contribution in [0, 0.1) is 0 Å². The standard InChI is InChI=1S/C19H24N2O4/c1-23-16-9-13(10-17(24-2)19(16)25-3)11-18(22)21-12-15(20)14-7-5-4-6-8-14/h4-10,15H,11-12,20H2,1-3H3,(H,21,22). The Balaban J connectivity index is 2.00. The van der Waals surface area contributed by atoms with Crippen molar-refractivity contribution in [3.05, 3.63) is 53.6 Å². The number of ether oxygens (including phenoxy) is 3. The Labute approximate surface area is 147 Å². The van der Waals surface area contributed by atoms with Gasteiger partial charge in [-0.25, -0.2) is 0 Å². The minimum absolute atomic E-state index is 0.124. The Bertz CT molecular complexity index is 679. The molecule has 6 nitrogen and oxygen atoms in total. The van der Waals surface area contributed by atoms with Gasteiger partial charge in [-0.2, -0.15) is 0 Å². The fourth-order valence-electron chi connectivity index (χ4n) is 2.53. The van der Waals surface area contributed by atoms with E-state index in [1.165, 1.54) is 7.11 Å². The summed E-state index contributed by atoms with van der Waals surface area (Å²) in [6, 6.07) is 12.9. The molecule has 6 heteroatoms. The first kappa shape index (κ1) is 18.6. The third-order valence-corrected chi connectivity index (χ3v) is 3.84. The summed E-state index contributed by atoms with van der Waals surface area (Å²) < 4.78 is 15.9. The topological polar surface area (TPSA) is 82.8 Å². The third kappa shape index (κ3) is 4.87. The molecule has 0 saturated carbocycles. The summed E-state index contributed by atoms with van der Waals surface area (Å²) >= 11 is 0. The molecule has 2 aromatic rings. The molecule has 0 saturated heterocycles. The van der Waals surface area contributed by atoms with E-state index in [0.29, 0.717) is 23.8 Å². The predicted octanol–water partition coefficient (Wildman–Crippen LogP) is 2.07. The molecule has 0 spiro atoms. The van der Waals surface area contributed by atoms with Crippen molar-refractivity contribution in [2.24, 2.45) is 5.73 Å². The number of hydrogen-bond acceptors (Lipinski definition) is 5. The minimum Gasteiger partial charge on any atom is -0.493 e. The van der Waals surface area contributed by atoms with Crippen molar-refractivity contribution >= 4 is 5.91 Å². The van der Waals surface area contributed by atoms with Gasteiger partial charge in [-0.15, -0.1) is 0 Å². The second-order valence-corrected chi connectivity index (χ2v) is 5.53. The molecule has 1 amide bonds. The highest BCUT2D eigenvalue weighted by molar-refractivity contribution is 5.79. The Hall–Kier alpha value is -2.73. The lowest BCUT2D eigenvalue weighted by molar-refractivity contribution is -0.120. The maximum Gasteiger partial charge on any atom is 0.224 e. The summed E-state index contributed by atoms with van der Waals surface area (Å²) in [5, 5.41) is 2.86. The number of carbonyl (C=O) groups excluding carboxylic acids is 1. The number of amides is 1. The molecule has 0 aromatic heterocycles. The molecular formula is C19H24N2O4. The van der Waals surface area contributed by atoms with Gasteiger partial charge < -0.3 is 25.3 Å². The quantitative estimate of drug-likeness (QED) is 0.766. The summed E-state index contributed by atoms with van der Waals surface area (Å²) in [5.74, 6) is 1.41. The highest BCUT2D eigenvalue weighted by Gasteiger charge is 2.15. The van der Waals surface area contributed by atoms with E-state index in [-0.39, 0.29) is 18.4 Å². The van der Waals surface area contributed by atoms with Crippen molar-refractivity contribution in [3.8, 4) is 17.2 Å². The van der Waals surface area contributed by atoms with E-state index in [2.05, 4.69) is 5.32 Å². The van der Waals surface area contributed by atoms with E-state index in [0.717, 1.165) is 11.1 Å². The Morgan fingerprint density at radius 1 is 1.04 bits per heavy atom. The van der Waals surface area contributed by atoms with E-state index in [9.17, 15) is 4.79 Å². The van der Waals surface area contributed by atoms with Crippen LogP contribution in [-0.2, 0) is 11.2 Å². The average molecular weight is 344 g/mol. The van der Waals surface area contributed by atoms with Gasteiger partial charge >= 0.3 is 0 Å². The number of nitrogens with two attached hydrogens (primary N) is 1. The van der Waals surface area contributed by atoms with Gasteiger partial charge in [0.1, 0.15) is 0 Å². The molecule has 134 valence electrons. The largest absolute Gasteiger partial charge is 0.493 e. The molecule has 0 aliphatic carbocycles. The van der Waals surface area contributed by atoms with Crippen LogP contribution in [0.4, 0.5) is 0 Å². The minimum atomic E-state index is -0.245. The second-order valence-electron chi connectivity index (χ2n) is 5.53. The van der Waals surface area contributed by atoms with Gasteiger partial charge in [-0.05, 0) is 23.3 Å². The highest BCUT2D eigenvalue weighted by Crippen LogP contribution is 2.38. The van der Waals surface area contributed by atoms with Crippen LogP contribution >= 0.6 is 0 Å². The van der Waals surface area contributed by atoms with Crippen LogP contribution in [0.3, 0.4) is 0 Å². The third-order valence-electron chi connectivity index (χ3n) is 3.84. The van der Waals surface area contributed by atoms with Crippen molar-refractivity contribution in [2.45, 2.75) is 12.5 Å². The first-order valence-corrected chi connectivity index (χ1v) is 7.95. The van der Waals surface area contributed by atoms with Gasteiger partial charge in [-0.1, -0.05) is 30.3 Å². The zero-order chi connectivity index (χ0) is 18.2. The first-order valence-electron chi connectivity index (χ1n) is 7.95. The molecule has 2 rings (SSSR count). The maximum absolute atomic E-state index is 12.2. The van der Waals surface area contributed by atoms with Crippen molar-refractivity contribution in [3.63, 3.8) is 0 Å². The van der Waals surface area contributed by atoms with Gasteiger partial charge in [0.25, 0.3) is 0 Å². The van der Waals surface area contributed by atoms with Crippen molar-refractivity contribution in [2.75, 3.05) is 27.9 Å². The second kappa shape index (κ2) is 8.94. The molecule has 0 fully saturated rings. The van der Waals surface area contributed by atoms with Crippen LogP contribution in [0.5, 0.6) is 17.2 Å². The van der Waals surface area contributed by atoms with Crippen molar-refractivity contribution < 1.29 is 19.0 Å². The molecule has 3 N–H and O–H groups in total. The van der Waals surface area contributed by atoms with Crippen LogP contribution in [0.2, 0.25) is 0 Å². The van der Waals surface area contributed by atoms with E-state index in [1.807, 2.05) is 30.3 Å². The normalized spacial score (nSPS) is 11.5. The number of nitrogens with one attached hydrogen (secondary N) is 1. The van der Waals surface area contributed by atoms with Crippen LogP contribution in [0.1, 0.15) is 17.2 Å². The molecular weight excluding hydrogens is 320 g/mol. The summed E-state index contributed by atoms with van der Waals surface area (Å²) in [6.45, 7) is 0.368. The summed E-state index contributed by atoms with van der Waals surface area (Å²) in [5.41, 5.74) is 7.84. The van der Waals surface area contributed by atoms with Gasteiger partial charge in [0.05, 0.1) is 27.8 Å². The molecule has 0 radical (unpaired) electrons. The Morgan fingerprint density at radius 3 is 2.16 bits per heavy atom. The van der Waals surface area contributed by atoms with E-state index >= 15 is 0 Å². The lowest BCUT2D eigenvalue weighted by Gasteiger charge is -2.15. The van der Waals surface area contributed by atoms with Crippen LogP contribution in [0.25, 0.3) is 0 Å². The molecule has 1 atom stereocenters. The molecule has 0 heterocycles. The van der Waals surface area contributed by atoms with Crippen molar-refractivity contribution in [1.29, 1.82) is 0 Å². The number of hydrogen-bond donors (Lipinski definition) is 2. The summed E-state index contributed by atoms with van der Waals surface area (Å²) in [6.07, 6.45) is 0.193. The van der Waals surface area contributed by atoms with Gasteiger partial charge in [0, 0.05) is 12.6 Å². The van der Waals surface area contributed by atoms with Crippen molar-refractivity contribution in [1.82, 2.24) is 5.32 Å². The average Bonchev–Trinajstić information content (AvgIpc) is 2.65. The summed E-state index contributed by atoms with van der Waals surface area (Å²) in [7, 11) is 4.62. The first-order chi connectivity index (χ1) is 12.1. The molecule has 2 aromatic carbocycles. The Kier molecular flexibility index (Phi) is 6.65. The lowest BCUT2D eigenvalue weighted by atomic mass is 10.1. The molecule has 0 aliphatic rings. The van der Waals surface area contributed by atoms with Gasteiger partial charge in [0.15, 0.2) is 11.5 Å². The smallest absolute Gasteiger partial charge is 0.224 e. The Morgan fingerprint density at radius 2 is 1.64 bits per heavy atom. The molecule has 1 unspecified atom stereocenters. The lowest BCUT2D eigenvalue weighted by Crippen LogP contribution is -2.32. The maximum atomic E-state index is 12.2. The van der Waals surface area contributed by atoms with Crippen LogP contribution in [-0.4, -0.2) is 33.8 Å². The molecule has 25 heavy (non-hydrogen) atoms. The predicted molar refractivity (Wildman–Crippen MR) is 96.2 cm³/mol. The van der Waals surface area contributed by atoms with Crippen LogP contribution < -0.4 is 25.3 Å². The van der Waals surface area contributed by atoms with Crippen LogP contribution in [0.15, 0.2) is 42.5 Å². The number of methoxy groups -OCH3 is 3. The van der Waals surface area contributed by atoms with Gasteiger partial charge in [0.2, 0.25) is 11.7 Å². The monoisotopic (exact) mass is 344 g/mol. The van der Waals surface area contributed by atoms with E-state index in [4.69, 9.17) is 19.9 Å². The van der Waals surface area contributed by atoms with E-state index < -0.39 is 0 Å². The van der Waals surface area contributed by atoms with E-state index in [1.54, 1.807) is 26.4 Å². The zero-order valence-corrected chi connectivity index (χ0v) is 14.7. The molecule has 0 bridgehead atoms. The highest BCUT2D eigenvalue weighted by atomic mass is 16.5. The van der Waals surface area contributed by atoms with Gasteiger partial charge in [-0.3, -0.25) is 4.79 Å². The summed E-state index contributed by atoms with van der Waals surface area (Å²) in [4.78, 5) is 12.2. The number of rotatable bonds is 8.